The second-order valence-electron chi connectivity index (χ2n) is 4.67. The van der Waals surface area contributed by atoms with E-state index in [2.05, 4.69) is 26.6 Å². The van der Waals surface area contributed by atoms with Crippen molar-refractivity contribution in [2.75, 3.05) is 24.6 Å². The molecule has 0 atom stereocenters. The summed E-state index contributed by atoms with van der Waals surface area (Å²) in [6.45, 7) is 4.02. The van der Waals surface area contributed by atoms with Crippen LogP contribution >= 0.6 is 15.9 Å². The molecule has 4 nitrogen and oxygen atoms in total. The van der Waals surface area contributed by atoms with Crippen molar-refractivity contribution in [3.8, 4) is 0 Å². The number of nitrogens with two attached hydrogens (primary N) is 1. The van der Waals surface area contributed by atoms with Crippen LogP contribution in [0.3, 0.4) is 0 Å². The van der Waals surface area contributed by atoms with Gasteiger partial charge in [-0.15, -0.1) is 0 Å². The van der Waals surface area contributed by atoms with E-state index < -0.39 is 11.2 Å². The molecule has 1 aromatic rings. The van der Waals surface area contributed by atoms with E-state index in [0.717, 1.165) is 0 Å². The molecule has 0 saturated heterocycles. The Morgan fingerprint density at radius 1 is 1.50 bits per heavy atom. The van der Waals surface area contributed by atoms with Crippen molar-refractivity contribution in [3.63, 3.8) is 0 Å². The van der Waals surface area contributed by atoms with Crippen LogP contribution < -0.4 is 16.4 Å². The van der Waals surface area contributed by atoms with Gasteiger partial charge in [-0.1, -0.05) is 0 Å². The van der Waals surface area contributed by atoms with Gasteiger partial charge in [0.2, 0.25) is 5.91 Å². The molecular weight excluding hydrogens is 301 g/mol. The lowest BCUT2D eigenvalue weighted by Gasteiger charge is -2.24. The van der Waals surface area contributed by atoms with Crippen molar-refractivity contribution >= 4 is 33.2 Å². The van der Waals surface area contributed by atoms with Crippen LogP contribution in [-0.4, -0.2) is 19.5 Å². The van der Waals surface area contributed by atoms with Gasteiger partial charge in [0.15, 0.2) is 0 Å². The number of carbonyl (C=O) groups excluding carboxylic acids is 1. The van der Waals surface area contributed by atoms with Gasteiger partial charge in [-0.2, -0.15) is 0 Å². The summed E-state index contributed by atoms with van der Waals surface area (Å²) in [5, 5.41) is 5.65. The maximum atomic E-state index is 13.2. The number of amides is 1. The molecule has 0 aliphatic rings. The largest absolute Gasteiger partial charge is 0.397 e. The molecule has 0 radical (unpaired) electrons. The van der Waals surface area contributed by atoms with Crippen molar-refractivity contribution in [3.05, 3.63) is 22.4 Å². The zero-order chi connectivity index (χ0) is 13.9. The van der Waals surface area contributed by atoms with Gasteiger partial charge in [0.1, 0.15) is 5.82 Å². The number of nitrogens with one attached hydrogen (secondary N) is 2. The first-order valence-corrected chi connectivity index (χ1v) is 6.28. The molecular formula is C12H17BrFN3O. The van der Waals surface area contributed by atoms with E-state index in [-0.39, 0.29) is 5.91 Å². The summed E-state index contributed by atoms with van der Waals surface area (Å²) in [5.74, 6) is -0.488. The van der Waals surface area contributed by atoms with Crippen LogP contribution in [0.4, 0.5) is 15.8 Å². The quantitative estimate of drug-likeness (QED) is 0.747. The molecule has 0 heterocycles. The minimum Gasteiger partial charge on any atom is -0.397 e. The Bertz CT molecular complexity index is 463. The highest BCUT2D eigenvalue weighted by atomic mass is 79.9. The van der Waals surface area contributed by atoms with Crippen LogP contribution in [0, 0.1) is 11.2 Å². The molecule has 0 spiro atoms. The van der Waals surface area contributed by atoms with Gasteiger partial charge in [0, 0.05) is 19.7 Å². The molecule has 0 aliphatic heterocycles. The van der Waals surface area contributed by atoms with Crippen molar-refractivity contribution in [2.24, 2.45) is 5.41 Å². The van der Waals surface area contributed by atoms with Crippen molar-refractivity contribution < 1.29 is 9.18 Å². The SMILES string of the molecule is CNC(=O)C(C)(C)CNc1cc(Br)c(F)cc1N. The Balaban J connectivity index is 2.81. The van der Waals surface area contributed by atoms with Crippen LogP contribution in [0.2, 0.25) is 0 Å². The zero-order valence-electron chi connectivity index (χ0n) is 10.6. The monoisotopic (exact) mass is 317 g/mol. The minimum absolute atomic E-state index is 0.0743. The maximum absolute atomic E-state index is 13.2. The predicted octanol–water partition coefficient (Wildman–Crippen LogP) is 2.35. The Labute approximate surface area is 114 Å². The van der Waals surface area contributed by atoms with Crippen molar-refractivity contribution in [1.29, 1.82) is 0 Å². The molecule has 0 aromatic heterocycles. The average Bonchev–Trinajstić information content (AvgIpc) is 2.31. The van der Waals surface area contributed by atoms with Crippen LogP contribution in [0.15, 0.2) is 16.6 Å². The van der Waals surface area contributed by atoms with Gasteiger partial charge < -0.3 is 16.4 Å². The van der Waals surface area contributed by atoms with E-state index in [0.29, 0.717) is 22.4 Å². The molecule has 0 fully saturated rings. The molecule has 18 heavy (non-hydrogen) atoms. The summed E-state index contributed by atoms with van der Waals surface area (Å²) >= 11 is 3.09. The third-order valence-corrected chi connectivity index (χ3v) is 3.26. The lowest BCUT2D eigenvalue weighted by Crippen LogP contribution is -2.39. The molecule has 100 valence electrons. The average molecular weight is 318 g/mol. The van der Waals surface area contributed by atoms with E-state index >= 15 is 0 Å². The topological polar surface area (TPSA) is 67.2 Å². The molecule has 0 unspecified atom stereocenters. The fourth-order valence-electron chi connectivity index (χ4n) is 1.45. The molecule has 4 N–H and O–H groups in total. The standard InChI is InChI=1S/C12H17BrFN3O/c1-12(2,11(18)16-3)6-17-10-4-7(13)8(14)5-9(10)15/h4-5,17H,6,15H2,1-3H3,(H,16,18). The predicted molar refractivity (Wildman–Crippen MR) is 74.8 cm³/mol. The second kappa shape index (κ2) is 5.56. The third-order valence-electron chi connectivity index (χ3n) is 2.65. The number of carbonyl (C=O) groups is 1. The summed E-state index contributed by atoms with van der Waals surface area (Å²) in [6.07, 6.45) is 0. The highest BCUT2D eigenvalue weighted by Crippen LogP contribution is 2.27. The number of benzene rings is 1. The number of anilines is 2. The Hall–Kier alpha value is -1.30. The Morgan fingerprint density at radius 2 is 2.11 bits per heavy atom. The fourth-order valence-corrected chi connectivity index (χ4v) is 1.79. The van der Waals surface area contributed by atoms with Crippen molar-refractivity contribution in [2.45, 2.75) is 13.8 Å². The minimum atomic E-state index is -0.581. The van der Waals surface area contributed by atoms with Crippen LogP contribution in [-0.2, 0) is 4.79 Å². The second-order valence-corrected chi connectivity index (χ2v) is 5.52. The van der Waals surface area contributed by atoms with E-state index in [1.165, 1.54) is 6.07 Å². The van der Waals surface area contributed by atoms with E-state index in [9.17, 15) is 9.18 Å². The summed E-state index contributed by atoms with van der Waals surface area (Å²) in [6, 6.07) is 2.80. The first kappa shape index (κ1) is 14.8. The number of rotatable bonds is 4. The molecule has 1 aromatic carbocycles. The van der Waals surface area contributed by atoms with Gasteiger partial charge in [-0.05, 0) is 35.8 Å². The molecule has 6 heteroatoms. The maximum Gasteiger partial charge on any atom is 0.227 e. The first-order valence-electron chi connectivity index (χ1n) is 5.48. The summed E-state index contributed by atoms with van der Waals surface area (Å²) in [4.78, 5) is 11.6. The van der Waals surface area contributed by atoms with Crippen LogP contribution in [0.1, 0.15) is 13.8 Å². The number of hydrogen-bond donors (Lipinski definition) is 3. The first-order chi connectivity index (χ1) is 8.27. The lowest BCUT2D eigenvalue weighted by atomic mass is 9.92. The fraction of sp³-hybridized carbons (Fsp3) is 0.417. The molecule has 1 amide bonds. The Morgan fingerprint density at radius 3 is 2.67 bits per heavy atom. The highest BCUT2D eigenvalue weighted by molar-refractivity contribution is 9.10. The van der Waals surface area contributed by atoms with Gasteiger partial charge in [-0.25, -0.2) is 4.39 Å². The number of hydrogen-bond acceptors (Lipinski definition) is 3. The zero-order valence-corrected chi connectivity index (χ0v) is 12.2. The molecule has 1 rings (SSSR count). The lowest BCUT2D eigenvalue weighted by molar-refractivity contribution is -0.128. The summed E-state index contributed by atoms with van der Waals surface area (Å²) in [5.41, 5.74) is 6.03. The van der Waals surface area contributed by atoms with E-state index in [1.807, 2.05) is 13.8 Å². The van der Waals surface area contributed by atoms with E-state index in [4.69, 9.17) is 5.73 Å². The van der Waals surface area contributed by atoms with Gasteiger partial charge >= 0.3 is 0 Å². The Kier molecular flexibility index (Phi) is 4.56. The summed E-state index contributed by atoms with van der Waals surface area (Å²) < 4.78 is 13.5. The number of halogens is 2. The van der Waals surface area contributed by atoms with Crippen LogP contribution in [0.5, 0.6) is 0 Å². The third kappa shape index (κ3) is 3.35. The highest BCUT2D eigenvalue weighted by Gasteiger charge is 2.26. The summed E-state index contributed by atoms with van der Waals surface area (Å²) in [7, 11) is 1.59. The van der Waals surface area contributed by atoms with E-state index in [1.54, 1.807) is 13.1 Å². The van der Waals surface area contributed by atoms with Gasteiger partial charge in [-0.3, -0.25) is 4.79 Å². The van der Waals surface area contributed by atoms with Crippen molar-refractivity contribution in [1.82, 2.24) is 5.32 Å². The normalized spacial score (nSPS) is 11.2. The van der Waals surface area contributed by atoms with Gasteiger partial charge in [0.25, 0.3) is 0 Å². The smallest absolute Gasteiger partial charge is 0.227 e. The molecule has 0 bridgehead atoms. The number of nitrogen functional groups attached to an aromatic ring is 1. The van der Waals surface area contributed by atoms with Crippen LogP contribution in [0.25, 0.3) is 0 Å². The molecule has 0 saturated carbocycles. The molecule has 0 aliphatic carbocycles. The van der Waals surface area contributed by atoms with Gasteiger partial charge in [0.05, 0.1) is 21.3 Å².